The molecule has 0 radical (unpaired) electrons. The summed E-state index contributed by atoms with van der Waals surface area (Å²) in [6, 6.07) is 7.06. The Morgan fingerprint density at radius 3 is 2.50 bits per heavy atom. The number of aryl methyl sites for hydroxylation is 1. The van der Waals surface area contributed by atoms with Crippen LogP contribution in [0.15, 0.2) is 29.2 Å². The van der Waals surface area contributed by atoms with Crippen LogP contribution in [-0.4, -0.2) is 28.7 Å². The van der Waals surface area contributed by atoms with Gasteiger partial charge in [0.25, 0.3) is 0 Å². The zero-order valence-electron chi connectivity index (χ0n) is 12.2. The van der Waals surface area contributed by atoms with Gasteiger partial charge in [0.2, 0.25) is 10.0 Å². The van der Waals surface area contributed by atoms with E-state index in [1.807, 2.05) is 19.1 Å². The topological polar surface area (TPSA) is 55.4 Å². The molecule has 20 heavy (non-hydrogen) atoms. The molecule has 1 saturated carbocycles. The number of ether oxygens (including phenoxy) is 1. The summed E-state index contributed by atoms with van der Waals surface area (Å²) >= 11 is 0. The predicted molar refractivity (Wildman–Crippen MR) is 79.1 cm³/mol. The second-order valence-corrected chi connectivity index (χ2v) is 7.47. The van der Waals surface area contributed by atoms with Crippen molar-refractivity contribution in [2.75, 3.05) is 20.3 Å². The number of hydrogen-bond donors (Lipinski definition) is 1. The van der Waals surface area contributed by atoms with Crippen LogP contribution in [0.25, 0.3) is 0 Å². The third kappa shape index (κ3) is 3.40. The van der Waals surface area contributed by atoms with Crippen molar-refractivity contribution in [3.8, 4) is 0 Å². The van der Waals surface area contributed by atoms with Gasteiger partial charge in [-0.15, -0.1) is 0 Å². The Hall–Kier alpha value is -0.910. The number of sulfonamides is 1. The van der Waals surface area contributed by atoms with Crippen LogP contribution in [0.1, 0.15) is 31.2 Å². The van der Waals surface area contributed by atoms with Crippen molar-refractivity contribution in [1.29, 1.82) is 0 Å². The number of benzene rings is 1. The molecule has 0 amide bonds. The van der Waals surface area contributed by atoms with Gasteiger partial charge in [-0.05, 0) is 31.4 Å². The van der Waals surface area contributed by atoms with E-state index >= 15 is 0 Å². The average Bonchev–Trinajstić information content (AvgIpc) is 2.87. The van der Waals surface area contributed by atoms with Crippen molar-refractivity contribution < 1.29 is 13.2 Å². The van der Waals surface area contributed by atoms with E-state index in [9.17, 15) is 8.42 Å². The number of nitrogens with one attached hydrogen (secondary N) is 1. The molecule has 1 aromatic rings. The van der Waals surface area contributed by atoms with E-state index in [0.717, 1.165) is 31.2 Å². The summed E-state index contributed by atoms with van der Waals surface area (Å²) in [6.07, 6.45) is 4.35. The van der Waals surface area contributed by atoms with Gasteiger partial charge in [-0.25, -0.2) is 13.1 Å². The Balaban J connectivity index is 2.11. The summed E-state index contributed by atoms with van der Waals surface area (Å²) in [6.45, 7) is 2.88. The lowest BCUT2D eigenvalue weighted by atomic mass is 9.87. The largest absolute Gasteiger partial charge is 0.384 e. The molecule has 1 aliphatic carbocycles. The lowest BCUT2D eigenvalue weighted by Crippen LogP contribution is -2.38. The summed E-state index contributed by atoms with van der Waals surface area (Å²) in [5.41, 5.74) is 0.733. The Labute approximate surface area is 121 Å². The highest BCUT2D eigenvalue weighted by molar-refractivity contribution is 7.89. The van der Waals surface area contributed by atoms with E-state index in [2.05, 4.69) is 4.72 Å². The SMILES string of the molecule is COCC1(CNS(=O)(=O)c2ccccc2C)CCCC1. The highest BCUT2D eigenvalue weighted by Gasteiger charge is 2.35. The van der Waals surface area contributed by atoms with Crippen molar-refractivity contribution in [3.05, 3.63) is 29.8 Å². The van der Waals surface area contributed by atoms with Crippen LogP contribution >= 0.6 is 0 Å². The molecule has 0 spiro atoms. The quantitative estimate of drug-likeness (QED) is 0.877. The first-order valence-corrected chi connectivity index (χ1v) is 8.52. The second-order valence-electron chi connectivity index (χ2n) is 5.73. The standard InChI is InChI=1S/C15H23NO3S/c1-13-7-3-4-8-14(13)20(17,18)16-11-15(12-19-2)9-5-6-10-15/h3-4,7-8,16H,5-6,9-12H2,1-2H3. The predicted octanol–water partition coefficient (Wildman–Crippen LogP) is 2.48. The smallest absolute Gasteiger partial charge is 0.240 e. The third-order valence-corrected chi connectivity index (χ3v) is 5.70. The van der Waals surface area contributed by atoms with Crippen LogP contribution in [-0.2, 0) is 14.8 Å². The van der Waals surface area contributed by atoms with Gasteiger partial charge in [0, 0.05) is 19.1 Å². The van der Waals surface area contributed by atoms with Crippen LogP contribution in [0.5, 0.6) is 0 Å². The van der Waals surface area contributed by atoms with Crippen molar-refractivity contribution in [3.63, 3.8) is 0 Å². The Kier molecular flexibility index (Phi) is 4.83. The molecule has 1 aromatic carbocycles. The van der Waals surface area contributed by atoms with Crippen LogP contribution in [0, 0.1) is 12.3 Å². The Bertz CT molecular complexity index is 548. The molecule has 0 aliphatic heterocycles. The first-order chi connectivity index (χ1) is 9.49. The molecule has 0 aromatic heterocycles. The number of hydrogen-bond acceptors (Lipinski definition) is 3. The molecule has 4 nitrogen and oxygen atoms in total. The molecule has 112 valence electrons. The zero-order valence-corrected chi connectivity index (χ0v) is 13.0. The van der Waals surface area contributed by atoms with Crippen molar-refractivity contribution in [1.82, 2.24) is 4.72 Å². The number of rotatable bonds is 6. The maximum absolute atomic E-state index is 12.4. The fourth-order valence-corrected chi connectivity index (χ4v) is 4.39. The fraction of sp³-hybridized carbons (Fsp3) is 0.600. The van der Waals surface area contributed by atoms with Crippen molar-refractivity contribution in [2.24, 2.45) is 5.41 Å². The zero-order chi connectivity index (χ0) is 14.6. The fourth-order valence-electron chi connectivity index (χ4n) is 2.99. The van der Waals surface area contributed by atoms with Gasteiger partial charge in [0.05, 0.1) is 11.5 Å². The molecule has 0 bridgehead atoms. The summed E-state index contributed by atoms with van der Waals surface area (Å²) in [5.74, 6) is 0. The van der Waals surface area contributed by atoms with Gasteiger partial charge >= 0.3 is 0 Å². The Morgan fingerprint density at radius 1 is 1.25 bits per heavy atom. The lowest BCUT2D eigenvalue weighted by Gasteiger charge is -2.28. The molecule has 0 heterocycles. The first-order valence-electron chi connectivity index (χ1n) is 7.03. The molecular weight excluding hydrogens is 274 g/mol. The van der Waals surface area contributed by atoms with Gasteiger partial charge < -0.3 is 4.74 Å². The number of methoxy groups -OCH3 is 1. The van der Waals surface area contributed by atoms with Crippen molar-refractivity contribution in [2.45, 2.75) is 37.5 Å². The van der Waals surface area contributed by atoms with E-state index < -0.39 is 10.0 Å². The van der Waals surface area contributed by atoms with Crippen LogP contribution in [0.3, 0.4) is 0 Å². The summed E-state index contributed by atoms with van der Waals surface area (Å²) in [4.78, 5) is 0.366. The molecule has 2 rings (SSSR count). The molecule has 0 atom stereocenters. The molecule has 1 fully saturated rings. The van der Waals surface area contributed by atoms with Crippen molar-refractivity contribution >= 4 is 10.0 Å². The van der Waals surface area contributed by atoms with Crippen LogP contribution in [0.2, 0.25) is 0 Å². The summed E-state index contributed by atoms with van der Waals surface area (Å²) < 4.78 is 32.9. The third-order valence-electron chi connectivity index (χ3n) is 4.14. The van der Waals surface area contributed by atoms with E-state index in [0.29, 0.717) is 18.0 Å². The Morgan fingerprint density at radius 2 is 1.90 bits per heavy atom. The van der Waals surface area contributed by atoms with E-state index in [4.69, 9.17) is 4.74 Å². The minimum Gasteiger partial charge on any atom is -0.384 e. The highest BCUT2D eigenvalue weighted by Crippen LogP contribution is 2.38. The maximum atomic E-state index is 12.4. The lowest BCUT2D eigenvalue weighted by molar-refractivity contribution is 0.0867. The second kappa shape index (κ2) is 6.24. The minimum absolute atomic E-state index is 0.0372. The summed E-state index contributed by atoms with van der Waals surface area (Å²) in [5, 5.41) is 0. The van der Waals surface area contributed by atoms with Gasteiger partial charge in [-0.3, -0.25) is 0 Å². The van der Waals surface area contributed by atoms with Gasteiger partial charge in [-0.2, -0.15) is 0 Å². The van der Waals surface area contributed by atoms with E-state index in [1.54, 1.807) is 19.2 Å². The van der Waals surface area contributed by atoms with Crippen LogP contribution < -0.4 is 4.72 Å². The normalized spacial score (nSPS) is 18.3. The molecule has 0 saturated heterocycles. The van der Waals surface area contributed by atoms with Gasteiger partial charge in [-0.1, -0.05) is 31.0 Å². The average molecular weight is 297 g/mol. The molecule has 5 heteroatoms. The van der Waals surface area contributed by atoms with E-state index in [1.165, 1.54) is 0 Å². The molecular formula is C15H23NO3S. The maximum Gasteiger partial charge on any atom is 0.240 e. The van der Waals surface area contributed by atoms with E-state index in [-0.39, 0.29) is 5.41 Å². The monoisotopic (exact) mass is 297 g/mol. The first kappa shape index (κ1) is 15.5. The molecule has 1 aliphatic rings. The highest BCUT2D eigenvalue weighted by atomic mass is 32.2. The van der Waals surface area contributed by atoms with Gasteiger partial charge in [0.15, 0.2) is 0 Å². The minimum atomic E-state index is -3.44. The molecule has 1 N–H and O–H groups in total. The molecule has 0 unspecified atom stereocenters. The summed E-state index contributed by atoms with van der Waals surface area (Å²) in [7, 11) is -1.76. The van der Waals surface area contributed by atoms with Crippen LogP contribution in [0.4, 0.5) is 0 Å². The van der Waals surface area contributed by atoms with Gasteiger partial charge in [0.1, 0.15) is 0 Å².